The van der Waals surface area contributed by atoms with Gasteiger partial charge < -0.3 is 20.1 Å². The first-order valence-corrected chi connectivity index (χ1v) is 8.19. The summed E-state index contributed by atoms with van der Waals surface area (Å²) in [5, 5.41) is 11.0. The van der Waals surface area contributed by atoms with E-state index in [1.807, 2.05) is 28.8 Å². The van der Waals surface area contributed by atoms with Gasteiger partial charge in [-0.15, -0.1) is 11.3 Å². The van der Waals surface area contributed by atoms with E-state index in [0.717, 1.165) is 34.7 Å². The Labute approximate surface area is 132 Å². The zero-order valence-electron chi connectivity index (χ0n) is 12.0. The summed E-state index contributed by atoms with van der Waals surface area (Å²) in [5.41, 5.74) is 7.80. The van der Waals surface area contributed by atoms with Gasteiger partial charge in [0, 0.05) is 12.8 Å². The quantitative estimate of drug-likeness (QED) is 0.778. The summed E-state index contributed by atoms with van der Waals surface area (Å²) < 4.78 is 8.60. The number of thiazole rings is 1. The van der Waals surface area contributed by atoms with E-state index in [9.17, 15) is 5.11 Å². The maximum absolute atomic E-state index is 10.3. The van der Waals surface area contributed by atoms with Crippen molar-refractivity contribution in [3.05, 3.63) is 30.5 Å². The molecular formula is C16H17N3O2S. The lowest BCUT2D eigenvalue weighted by Crippen LogP contribution is -2.15. The minimum absolute atomic E-state index is 0.176. The minimum atomic E-state index is 0.176. The number of hydrogen-bond acceptors (Lipinski definition) is 5. The lowest BCUT2D eigenvalue weighted by atomic mass is 10.2. The summed E-state index contributed by atoms with van der Waals surface area (Å²) in [6, 6.07) is 7.92. The number of nitrogens with zero attached hydrogens (tertiary/aromatic N) is 2. The third-order valence-electron chi connectivity index (χ3n) is 4.03. The Bertz CT molecular complexity index is 785. The Morgan fingerprint density at radius 3 is 3.05 bits per heavy atom. The van der Waals surface area contributed by atoms with Gasteiger partial charge in [-0.05, 0) is 25.0 Å². The smallest absolute Gasteiger partial charge is 0.145 e. The van der Waals surface area contributed by atoms with Crippen LogP contribution in [0, 0.1) is 0 Å². The number of anilines is 1. The molecule has 1 atom stereocenters. The monoisotopic (exact) mass is 315 g/mol. The van der Waals surface area contributed by atoms with Crippen LogP contribution in [-0.4, -0.2) is 27.4 Å². The Morgan fingerprint density at radius 1 is 1.41 bits per heavy atom. The number of hydrogen-bond donors (Lipinski definition) is 2. The molecule has 1 fully saturated rings. The van der Waals surface area contributed by atoms with Crippen molar-refractivity contribution >= 4 is 27.4 Å². The van der Waals surface area contributed by atoms with Crippen LogP contribution >= 0.6 is 11.3 Å². The number of aromatic hydroxyl groups is 1. The summed E-state index contributed by atoms with van der Waals surface area (Å²) in [6.07, 6.45) is 3.98. The van der Waals surface area contributed by atoms with Crippen molar-refractivity contribution in [1.82, 2.24) is 9.55 Å². The average Bonchev–Trinajstić information content (AvgIpc) is 3.19. The molecule has 0 bridgehead atoms. The number of para-hydroxylation sites is 1. The van der Waals surface area contributed by atoms with Crippen LogP contribution < -0.4 is 5.73 Å². The van der Waals surface area contributed by atoms with E-state index in [1.54, 1.807) is 6.20 Å². The van der Waals surface area contributed by atoms with Crippen molar-refractivity contribution in [2.45, 2.75) is 25.5 Å². The highest BCUT2D eigenvalue weighted by molar-refractivity contribution is 7.21. The molecule has 5 nitrogen and oxygen atoms in total. The molecule has 0 radical (unpaired) electrons. The second-order valence-electron chi connectivity index (χ2n) is 5.55. The molecule has 0 amide bonds. The fourth-order valence-electron chi connectivity index (χ4n) is 2.91. The van der Waals surface area contributed by atoms with E-state index in [4.69, 9.17) is 10.5 Å². The zero-order chi connectivity index (χ0) is 15.1. The molecule has 114 valence electrons. The van der Waals surface area contributed by atoms with Crippen LogP contribution in [0.5, 0.6) is 5.75 Å². The molecule has 0 spiro atoms. The first kappa shape index (κ1) is 13.6. The summed E-state index contributed by atoms with van der Waals surface area (Å²) >= 11 is 1.54. The molecule has 1 aromatic carbocycles. The van der Waals surface area contributed by atoms with Gasteiger partial charge in [0.15, 0.2) is 0 Å². The molecule has 0 aliphatic carbocycles. The van der Waals surface area contributed by atoms with Gasteiger partial charge in [-0.1, -0.05) is 12.1 Å². The molecule has 22 heavy (non-hydrogen) atoms. The molecule has 0 saturated carbocycles. The van der Waals surface area contributed by atoms with Crippen molar-refractivity contribution in [1.29, 1.82) is 0 Å². The number of aromatic nitrogens is 2. The fourth-order valence-corrected chi connectivity index (χ4v) is 3.94. The Hall–Kier alpha value is -2.05. The SMILES string of the molecule is Nc1c(-c2nc3ccccc3s2)c(O)cn1C[C@H]1CCCO1. The van der Waals surface area contributed by atoms with Crippen LogP contribution in [0.15, 0.2) is 30.5 Å². The lowest BCUT2D eigenvalue weighted by Gasteiger charge is -2.11. The van der Waals surface area contributed by atoms with Gasteiger partial charge in [-0.3, -0.25) is 0 Å². The van der Waals surface area contributed by atoms with E-state index in [-0.39, 0.29) is 11.9 Å². The van der Waals surface area contributed by atoms with Gasteiger partial charge in [0.05, 0.1) is 28.4 Å². The highest BCUT2D eigenvalue weighted by Gasteiger charge is 2.22. The zero-order valence-corrected chi connectivity index (χ0v) is 12.8. The molecular weight excluding hydrogens is 298 g/mol. The lowest BCUT2D eigenvalue weighted by molar-refractivity contribution is 0.0975. The standard InChI is InChI=1S/C16H17N3O2S/c17-15-14(16-18-11-5-1-2-6-13(11)22-16)12(20)9-19(15)8-10-4-3-7-21-10/h1-2,5-6,9-10,20H,3-4,7-8,17H2/t10-/m1/s1. The predicted octanol–water partition coefficient (Wildman–Crippen LogP) is 3.23. The molecule has 3 heterocycles. The van der Waals surface area contributed by atoms with Gasteiger partial charge in [0.2, 0.25) is 0 Å². The largest absolute Gasteiger partial charge is 0.506 e. The Morgan fingerprint density at radius 2 is 2.27 bits per heavy atom. The molecule has 2 aromatic heterocycles. The molecule has 1 saturated heterocycles. The normalized spacial score (nSPS) is 18.3. The van der Waals surface area contributed by atoms with Crippen LogP contribution in [0.25, 0.3) is 20.8 Å². The van der Waals surface area contributed by atoms with Gasteiger partial charge >= 0.3 is 0 Å². The average molecular weight is 315 g/mol. The highest BCUT2D eigenvalue weighted by Crippen LogP contribution is 2.40. The minimum Gasteiger partial charge on any atom is -0.506 e. The number of fused-ring (bicyclic) bond motifs is 1. The summed E-state index contributed by atoms with van der Waals surface area (Å²) in [5.74, 6) is 0.724. The van der Waals surface area contributed by atoms with Crippen LogP contribution in [0.3, 0.4) is 0 Å². The maximum atomic E-state index is 10.3. The van der Waals surface area contributed by atoms with Crippen molar-refractivity contribution in [2.75, 3.05) is 12.3 Å². The van der Waals surface area contributed by atoms with E-state index in [0.29, 0.717) is 17.9 Å². The van der Waals surface area contributed by atoms with Crippen molar-refractivity contribution < 1.29 is 9.84 Å². The third kappa shape index (κ3) is 2.24. The van der Waals surface area contributed by atoms with Crippen molar-refractivity contribution in [2.24, 2.45) is 0 Å². The highest BCUT2D eigenvalue weighted by atomic mass is 32.1. The molecule has 1 aliphatic rings. The number of ether oxygens (including phenoxy) is 1. The maximum Gasteiger partial charge on any atom is 0.145 e. The van der Waals surface area contributed by atoms with Crippen molar-refractivity contribution in [3.63, 3.8) is 0 Å². The first-order valence-electron chi connectivity index (χ1n) is 7.37. The molecule has 3 N–H and O–H groups in total. The van der Waals surface area contributed by atoms with Crippen LogP contribution in [0.1, 0.15) is 12.8 Å². The van der Waals surface area contributed by atoms with Gasteiger partial charge in [0.25, 0.3) is 0 Å². The third-order valence-corrected chi connectivity index (χ3v) is 5.09. The van der Waals surface area contributed by atoms with E-state index in [1.165, 1.54) is 11.3 Å². The fraction of sp³-hybridized carbons (Fsp3) is 0.312. The van der Waals surface area contributed by atoms with E-state index in [2.05, 4.69) is 4.98 Å². The molecule has 6 heteroatoms. The molecule has 1 aliphatic heterocycles. The van der Waals surface area contributed by atoms with Crippen LogP contribution in [-0.2, 0) is 11.3 Å². The Kier molecular flexibility index (Phi) is 3.28. The second-order valence-corrected chi connectivity index (χ2v) is 6.58. The summed E-state index contributed by atoms with van der Waals surface area (Å²) in [7, 11) is 0. The Balaban J connectivity index is 1.73. The molecule has 0 unspecified atom stereocenters. The molecule has 3 aromatic rings. The topological polar surface area (TPSA) is 73.3 Å². The van der Waals surface area contributed by atoms with Gasteiger partial charge in [-0.25, -0.2) is 4.98 Å². The summed E-state index contributed by atoms with van der Waals surface area (Å²) in [6.45, 7) is 1.48. The second kappa shape index (κ2) is 5.30. The van der Waals surface area contributed by atoms with Crippen molar-refractivity contribution in [3.8, 4) is 16.3 Å². The van der Waals surface area contributed by atoms with Gasteiger partial charge in [0.1, 0.15) is 16.6 Å². The first-order chi connectivity index (χ1) is 10.7. The van der Waals surface area contributed by atoms with Crippen LogP contribution in [0.2, 0.25) is 0 Å². The van der Waals surface area contributed by atoms with Gasteiger partial charge in [-0.2, -0.15) is 0 Å². The van der Waals surface area contributed by atoms with E-state index < -0.39 is 0 Å². The number of nitrogens with two attached hydrogens (primary N) is 1. The van der Waals surface area contributed by atoms with E-state index >= 15 is 0 Å². The number of nitrogen functional groups attached to an aromatic ring is 1. The molecule has 4 rings (SSSR count). The number of benzene rings is 1. The number of rotatable bonds is 3. The predicted molar refractivity (Wildman–Crippen MR) is 88.1 cm³/mol. The summed E-state index contributed by atoms with van der Waals surface area (Å²) in [4.78, 5) is 4.58. The van der Waals surface area contributed by atoms with Crippen LogP contribution in [0.4, 0.5) is 5.82 Å².